The number of carbonyl (C=O) groups is 3. The van der Waals surface area contributed by atoms with Crippen LogP contribution in [-0.2, 0) is 28.6 Å². The monoisotopic (exact) mass is 913 g/mol. The van der Waals surface area contributed by atoms with E-state index in [1.165, 1.54) is 186 Å². The molecule has 0 spiro atoms. The lowest BCUT2D eigenvalue weighted by Crippen LogP contribution is -2.30. The van der Waals surface area contributed by atoms with Gasteiger partial charge in [-0.1, -0.05) is 243 Å². The van der Waals surface area contributed by atoms with Crippen molar-refractivity contribution in [3.05, 3.63) is 36.5 Å². The van der Waals surface area contributed by atoms with Gasteiger partial charge in [0.05, 0.1) is 0 Å². The maximum Gasteiger partial charge on any atom is 0.306 e. The van der Waals surface area contributed by atoms with Crippen molar-refractivity contribution in [2.24, 2.45) is 0 Å². The van der Waals surface area contributed by atoms with Gasteiger partial charge >= 0.3 is 17.9 Å². The summed E-state index contributed by atoms with van der Waals surface area (Å²) in [4.78, 5) is 38.1. The van der Waals surface area contributed by atoms with Crippen molar-refractivity contribution >= 4 is 17.9 Å². The van der Waals surface area contributed by atoms with E-state index in [1.54, 1.807) is 0 Å². The van der Waals surface area contributed by atoms with Gasteiger partial charge < -0.3 is 14.2 Å². The molecular weight excluding hydrogens is 805 g/mol. The van der Waals surface area contributed by atoms with E-state index in [0.29, 0.717) is 19.3 Å². The van der Waals surface area contributed by atoms with Crippen LogP contribution in [0.15, 0.2) is 36.5 Å². The van der Waals surface area contributed by atoms with Gasteiger partial charge in [-0.15, -0.1) is 0 Å². The molecule has 6 nitrogen and oxygen atoms in total. The summed E-state index contributed by atoms with van der Waals surface area (Å²) < 4.78 is 16.9. The van der Waals surface area contributed by atoms with Crippen LogP contribution in [0.1, 0.15) is 303 Å². The zero-order valence-corrected chi connectivity index (χ0v) is 43.5. The van der Waals surface area contributed by atoms with Gasteiger partial charge in [-0.3, -0.25) is 14.4 Å². The highest BCUT2D eigenvalue weighted by molar-refractivity contribution is 5.71. The van der Waals surface area contributed by atoms with E-state index in [0.717, 1.165) is 77.0 Å². The maximum atomic E-state index is 12.8. The minimum absolute atomic E-state index is 0.0756. The smallest absolute Gasteiger partial charge is 0.306 e. The lowest BCUT2D eigenvalue weighted by atomic mass is 10.0. The molecule has 0 aromatic rings. The number of rotatable bonds is 52. The molecule has 0 aliphatic rings. The van der Waals surface area contributed by atoms with Crippen molar-refractivity contribution in [2.45, 2.75) is 309 Å². The van der Waals surface area contributed by atoms with Gasteiger partial charge in [0.1, 0.15) is 13.2 Å². The molecule has 0 saturated heterocycles. The van der Waals surface area contributed by atoms with Gasteiger partial charge in [-0.2, -0.15) is 0 Å². The second-order valence-corrected chi connectivity index (χ2v) is 19.2. The number of hydrogen-bond acceptors (Lipinski definition) is 6. The first-order chi connectivity index (χ1) is 32.0. The van der Waals surface area contributed by atoms with Crippen LogP contribution in [0.5, 0.6) is 0 Å². The average Bonchev–Trinajstić information content (AvgIpc) is 3.30. The van der Waals surface area contributed by atoms with Crippen molar-refractivity contribution in [1.29, 1.82) is 0 Å². The summed E-state index contributed by atoms with van der Waals surface area (Å²) in [7, 11) is 0. The molecule has 65 heavy (non-hydrogen) atoms. The molecule has 0 rings (SSSR count). The largest absolute Gasteiger partial charge is 0.462 e. The molecule has 0 unspecified atom stereocenters. The molecule has 0 fully saturated rings. The Morgan fingerprint density at radius 1 is 0.308 bits per heavy atom. The Balaban J connectivity index is 4.36. The second-order valence-electron chi connectivity index (χ2n) is 19.2. The lowest BCUT2D eigenvalue weighted by molar-refractivity contribution is -0.167. The average molecular weight is 914 g/mol. The molecule has 0 aromatic carbocycles. The molecule has 0 amide bonds. The standard InChI is InChI=1S/C59H108O6/c1-4-7-10-13-16-19-22-25-28-30-32-34-37-40-43-46-49-52-58(61)64-55-56(54-63-57(60)51-48-45-42-39-36-33-27-24-21-18-15-12-9-6-3)65-59(62)53-50-47-44-41-38-35-31-29-26-23-20-17-14-11-8-5-2/h16,19,24-25,27-28,56H,4-15,17-18,20-23,26,29-55H2,1-3H3/b19-16+,27-24+,28-25+/t56-/m1/s1. The summed E-state index contributed by atoms with van der Waals surface area (Å²) in [6.07, 6.45) is 64.1. The highest BCUT2D eigenvalue weighted by atomic mass is 16.6. The minimum atomic E-state index is -0.775. The van der Waals surface area contributed by atoms with E-state index in [4.69, 9.17) is 14.2 Å². The van der Waals surface area contributed by atoms with E-state index >= 15 is 0 Å². The first-order valence-electron chi connectivity index (χ1n) is 28.5. The number of allylic oxidation sites excluding steroid dienone is 6. The third-order valence-electron chi connectivity index (χ3n) is 12.6. The van der Waals surface area contributed by atoms with Crippen molar-refractivity contribution in [2.75, 3.05) is 13.2 Å². The summed E-state index contributed by atoms with van der Waals surface area (Å²) >= 11 is 0. The van der Waals surface area contributed by atoms with Gasteiger partial charge in [0.2, 0.25) is 0 Å². The molecule has 1 atom stereocenters. The molecule has 0 saturated carbocycles. The molecular formula is C59H108O6. The minimum Gasteiger partial charge on any atom is -0.462 e. The van der Waals surface area contributed by atoms with E-state index in [1.807, 2.05) is 0 Å². The summed E-state index contributed by atoms with van der Waals surface area (Å²) in [6.45, 7) is 6.63. The Kier molecular flexibility index (Phi) is 52.3. The van der Waals surface area contributed by atoms with Crippen LogP contribution < -0.4 is 0 Å². The normalized spacial score (nSPS) is 12.2. The quantitative estimate of drug-likeness (QED) is 0.0262. The van der Waals surface area contributed by atoms with Gasteiger partial charge in [0, 0.05) is 19.3 Å². The zero-order chi connectivity index (χ0) is 47.2. The Hall–Kier alpha value is -2.37. The number of ether oxygens (including phenoxy) is 3. The molecule has 0 aromatic heterocycles. The van der Waals surface area contributed by atoms with Crippen LogP contribution in [0.3, 0.4) is 0 Å². The van der Waals surface area contributed by atoms with Crippen LogP contribution in [0, 0.1) is 0 Å². The van der Waals surface area contributed by atoms with E-state index < -0.39 is 6.10 Å². The number of unbranched alkanes of at least 4 members (excludes halogenated alkanes) is 35. The predicted octanol–water partition coefficient (Wildman–Crippen LogP) is 18.9. The highest BCUT2D eigenvalue weighted by Crippen LogP contribution is 2.16. The SMILES string of the molecule is CCCCC/C=C/C/C=C/CCCCCCCCCC(=O)OC[C@@H](COC(=O)CCCCCCC/C=C/CCCCCCC)OC(=O)CCCCCCCCCCCCCCCCCC. The topological polar surface area (TPSA) is 78.9 Å². The molecule has 0 N–H and O–H groups in total. The molecule has 0 heterocycles. The van der Waals surface area contributed by atoms with Gasteiger partial charge in [0.25, 0.3) is 0 Å². The van der Waals surface area contributed by atoms with Crippen molar-refractivity contribution in [3.63, 3.8) is 0 Å². The Morgan fingerprint density at radius 3 is 0.892 bits per heavy atom. The van der Waals surface area contributed by atoms with E-state index in [-0.39, 0.29) is 31.1 Å². The van der Waals surface area contributed by atoms with Gasteiger partial charge in [-0.05, 0) is 77.0 Å². The molecule has 0 aliphatic heterocycles. The first-order valence-corrected chi connectivity index (χ1v) is 28.5. The van der Waals surface area contributed by atoms with Crippen molar-refractivity contribution in [1.82, 2.24) is 0 Å². The molecule has 0 radical (unpaired) electrons. The Morgan fingerprint density at radius 2 is 0.554 bits per heavy atom. The third kappa shape index (κ3) is 52.5. The second kappa shape index (κ2) is 54.2. The maximum absolute atomic E-state index is 12.8. The van der Waals surface area contributed by atoms with Crippen LogP contribution in [0.25, 0.3) is 0 Å². The van der Waals surface area contributed by atoms with Gasteiger partial charge in [-0.25, -0.2) is 0 Å². The van der Waals surface area contributed by atoms with Crippen LogP contribution >= 0.6 is 0 Å². The summed E-state index contributed by atoms with van der Waals surface area (Å²) in [5, 5.41) is 0. The van der Waals surface area contributed by atoms with Crippen LogP contribution in [0.2, 0.25) is 0 Å². The molecule has 0 bridgehead atoms. The van der Waals surface area contributed by atoms with Crippen molar-refractivity contribution in [3.8, 4) is 0 Å². The van der Waals surface area contributed by atoms with Crippen LogP contribution in [-0.4, -0.2) is 37.2 Å². The Bertz CT molecular complexity index is 1090. The fourth-order valence-corrected chi connectivity index (χ4v) is 8.29. The van der Waals surface area contributed by atoms with E-state index in [9.17, 15) is 14.4 Å². The zero-order valence-electron chi connectivity index (χ0n) is 43.5. The fraction of sp³-hybridized carbons (Fsp3) is 0.847. The summed E-state index contributed by atoms with van der Waals surface area (Å²) in [5.74, 6) is -0.874. The van der Waals surface area contributed by atoms with Gasteiger partial charge in [0.15, 0.2) is 6.10 Å². The third-order valence-corrected chi connectivity index (χ3v) is 12.6. The van der Waals surface area contributed by atoms with Crippen molar-refractivity contribution < 1.29 is 28.6 Å². The fourth-order valence-electron chi connectivity index (χ4n) is 8.29. The molecule has 0 aliphatic carbocycles. The molecule has 380 valence electrons. The van der Waals surface area contributed by atoms with E-state index in [2.05, 4.69) is 57.2 Å². The number of esters is 3. The molecule has 6 heteroatoms. The lowest BCUT2D eigenvalue weighted by Gasteiger charge is -2.18. The van der Waals surface area contributed by atoms with Crippen LogP contribution in [0.4, 0.5) is 0 Å². The first kappa shape index (κ1) is 62.6. The summed E-state index contributed by atoms with van der Waals surface area (Å²) in [5.41, 5.74) is 0. The number of hydrogen-bond donors (Lipinski definition) is 0. The predicted molar refractivity (Wildman–Crippen MR) is 279 cm³/mol. The highest BCUT2D eigenvalue weighted by Gasteiger charge is 2.19. The Labute approximate surface area is 404 Å². The summed E-state index contributed by atoms with van der Waals surface area (Å²) in [6, 6.07) is 0. The number of carbonyl (C=O) groups excluding carboxylic acids is 3.